The lowest BCUT2D eigenvalue weighted by molar-refractivity contribution is -0.142. The van der Waals surface area contributed by atoms with Crippen LogP contribution in [-0.2, 0) is 29.7 Å². The number of hydrogen-bond acceptors (Lipinski definition) is 5. The number of hydrogen-bond donors (Lipinski definition) is 1. The Bertz CT molecular complexity index is 755. The molecule has 11 heteroatoms. The van der Waals surface area contributed by atoms with E-state index in [1.165, 1.54) is 6.20 Å². The van der Waals surface area contributed by atoms with Crippen molar-refractivity contribution >= 4 is 10.0 Å². The number of nitrogens with one attached hydrogen (secondary N) is 1. The summed E-state index contributed by atoms with van der Waals surface area (Å²) in [5.74, 6) is 0. The maximum Gasteiger partial charge on any atom is 0.408 e. The summed E-state index contributed by atoms with van der Waals surface area (Å²) in [6.45, 7) is -0.379. The number of halogens is 3. The first kappa shape index (κ1) is 14.1. The zero-order valence-electron chi connectivity index (χ0n) is 10.5. The average molecular weight is 321 g/mol. The van der Waals surface area contributed by atoms with Gasteiger partial charge in [-0.1, -0.05) is 0 Å². The van der Waals surface area contributed by atoms with E-state index in [0.29, 0.717) is 23.5 Å². The minimum Gasteiger partial charge on any atom is -0.307 e. The molecule has 0 fully saturated rings. The van der Waals surface area contributed by atoms with Crippen molar-refractivity contribution in [3.8, 4) is 0 Å². The molecular weight excluding hydrogens is 311 g/mol. The molecule has 1 aliphatic heterocycles. The molecule has 0 radical (unpaired) electrons. The second kappa shape index (κ2) is 4.56. The van der Waals surface area contributed by atoms with Crippen LogP contribution in [0.2, 0.25) is 0 Å². The van der Waals surface area contributed by atoms with Crippen LogP contribution in [0, 0.1) is 0 Å². The first-order chi connectivity index (χ1) is 9.75. The van der Waals surface area contributed by atoms with Crippen LogP contribution in [0.3, 0.4) is 0 Å². The Morgan fingerprint density at radius 2 is 2.05 bits per heavy atom. The largest absolute Gasteiger partial charge is 0.408 e. The van der Waals surface area contributed by atoms with Crippen LogP contribution in [0.4, 0.5) is 13.2 Å². The van der Waals surface area contributed by atoms with Crippen LogP contribution < -0.4 is 5.32 Å². The van der Waals surface area contributed by atoms with E-state index in [4.69, 9.17) is 0 Å². The van der Waals surface area contributed by atoms with Crippen molar-refractivity contribution in [3.63, 3.8) is 0 Å². The predicted octanol–water partition coefficient (Wildman–Crippen LogP) is 0.482. The smallest absolute Gasteiger partial charge is 0.307 e. The zero-order chi connectivity index (χ0) is 15.3. The molecule has 1 aliphatic rings. The molecule has 0 bridgehead atoms. The van der Waals surface area contributed by atoms with E-state index in [-0.39, 0.29) is 0 Å². The predicted molar refractivity (Wildman–Crippen MR) is 63.6 cm³/mol. The standard InChI is InChI=1S/C10H10F3N5O2S/c11-10(12,13)6-17-2-1-9(16-17)21(19,20)18-5-7-3-14-4-8(7)15-18/h1-2,5,14H,3-4,6H2. The lowest BCUT2D eigenvalue weighted by Crippen LogP contribution is -2.20. The van der Waals surface area contributed by atoms with Gasteiger partial charge in [-0.15, -0.1) is 0 Å². The van der Waals surface area contributed by atoms with E-state index in [1.54, 1.807) is 0 Å². The molecule has 3 heterocycles. The van der Waals surface area contributed by atoms with E-state index in [1.807, 2.05) is 0 Å². The fraction of sp³-hybridized carbons (Fsp3) is 0.400. The van der Waals surface area contributed by atoms with Crippen molar-refractivity contribution in [2.24, 2.45) is 0 Å². The molecule has 1 N–H and O–H groups in total. The maximum absolute atomic E-state index is 12.2. The monoisotopic (exact) mass is 321 g/mol. The third-order valence-electron chi connectivity index (χ3n) is 2.93. The van der Waals surface area contributed by atoms with Gasteiger partial charge in [-0.05, 0) is 6.07 Å². The van der Waals surface area contributed by atoms with Crippen molar-refractivity contribution < 1.29 is 21.6 Å². The molecule has 0 aromatic carbocycles. The number of alkyl halides is 3. The van der Waals surface area contributed by atoms with Crippen LogP contribution in [0.15, 0.2) is 23.5 Å². The fourth-order valence-electron chi connectivity index (χ4n) is 2.00. The van der Waals surface area contributed by atoms with E-state index >= 15 is 0 Å². The Balaban J connectivity index is 1.91. The third kappa shape index (κ3) is 2.65. The number of fused-ring (bicyclic) bond motifs is 1. The van der Waals surface area contributed by atoms with E-state index in [2.05, 4.69) is 15.5 Å². The highest BCUT2D eigenvalue weighted by Crippen LogP contribution is 2.20. The molecule has 114 valence electrons. The second-order valence-corrected chi connectivity index (χ2v) is 6.29. The average Bonchev–Trinajstić information content (AvgIpc) is 2.98. The molecule has 3 rings (SSSR count). The molecule has 21 heavy (non-hydrogen) atoms. The SMILES string of the molecule is O=S(=O)(c1ccn(CC(F)(F)F)n1)n1cc2c(n1)CNC2. The topological polar surface area (TPSA) is 81.8 Å². The minimum absolute atomic E-state index is 0.459. The first-order valence-corrected chi connectivity index (χ1v) is 7.34. The minimum atomic E-state index is -4.47. The van der Waals surface area contributed by atoms with Gasteiger partial charge >= 0.3 is 16.2 Å². The summed E-state index contributed by atoms with van der Waals surface area (Å²) in [5.41, 5.74) is 1.35. The van der Waals surface area contributed by atoms with Gasteiger partial charge in [0.25, 0.3) is 0 Å². The molecule has 2 aromatic heterocycles. The lowest BCUT2D eigenvalue weighted by Gasteiger charge is -2.05. The molecule has 0 amide bonds. The normalized spacial score (nSPS) is 15.4. The van der Waals surface area contributed by atoms with Crippen molar-refractivity contribution in [1.82, 2.24) is 24.3 Å². The van der Waals surface area contributed by atoms with Crippen molar-refractivity contribution in [2.45, 2.75) is 30.8 Å². The number of aromatic nitrogens is 4. The van der Waals surface area contributed by atoms with Gasteiger partial charge in [-0.3, -0.25) is 4.68 Å². The molecule has 0 spiro atoms. The summed E-state index contributed by atoms with van der Waals surface area (Å²) in [7, 11) is -4.07. The number of nitrogens with zero attached hydrogens (tertiary/aromatic N) is 4. The van der Waals surface area contributed by atoms with Gasteiger partial charge in [0, 0.05) is 31.0 Å². The van der Waals surface area contributed by atoms with Gasteiger partial charge in [-0.25, -0.2) is 0 Å². The van der Waals surface area contributed by atoms with Crippen molar-refractivity contribution in [3.05, 3.63) is 29.7 Å². The highest BCUT2D eigenvalue weighted by Gasteiger charge is 2.30. The van der Waals surface area contributed by atoms with Crippen LogP contribution in [0.1, 0.15) is 11.3 Å². The highest BCUT2D eigenvalue weighted by molar-refractivity contribution is 7.89. The molecular formula is C10H10F3N5O2S. The van der Waals surface area contributed by atoms with E-state index in [9.17, 15) is 21.6 Å². The van der Waals surface area contributed by atoms with E-state index in [0.717, 1.165) is 21.9 Å². The summed E-state index contributed by atoms with van der Waals surface area (Å²) in [6, 6.07) is 1.02. The first-order valence-electron chi connectivity index (χ1n) is 5.90. The molecule has 0 saturated carbocycles. The van der Waals surface area contributed by atoms with Gasteiger partial charge in [0.2, 0.25) is 0 Å². The summed E-state index contributed by atoms with van der Waals surface area (Å²) in [6.07, 6.45) is -2.15. The van der Waals surface area contributed by atoms with Gasteiger partial charge in [-0.2, -0.15) is 35.9 Å². The summed E-state index contributed by atoms with van der Waals surface area (Å²) < 4.78 is 62.5. The van der Waals surface area contributed by atoms with Gasteiger partial charge in [0.15, 0.2) is 5.03 Å². The van der Waals surface area contributed by atoms with Crippen molar-refractivity contribution in [1.29, 1.82) is 0 Å². The summed E-state index contributed by atoms with van der Waals surface area (Å²) >= 11 is 0. The van der Waals surface area contributed by atoms with E-state index < -0.39 is 27.8 Å². The molecule has 0 atom stereocenters. The molecule has 0 saturated heterocycles. The summed E-state index contributed by atoms with van der Waals surface area (Å²) in [5, 5.41) is 9.91. The number of rotatable bonds is 3. The zero-order valence-corrected chi connectivity index (χ0v) is 11.3. The Morgan fingerprint density at radius 1 is 1.29 bits per heavy atom. The Kier molecular flexibility index (Phi) is 3.06. The highest BCUT2D eigenvalue weighted by atomic mass is 32.2. The molecule has 0 unspecified atom stereocenters. The van der Waals surface area contributed by atoms with Gasteiger partial charge in [0.05, 0.1) is 5.69 Å². The Hall–Kier alpha value is -1.88. The molecule has 0 aliphatic carbocycles. The maximum atomic E-state index is 12.2. The lowest BCUT2D eigenvalue weighted by atomic mass is 10.3. The van der Waals surface area contributed by atoms with Crippen LogP contribution in [0.5, 0.6) is 0 Å². The summed E-state index contributed by atoms with van der Waals surface area (Å²) in [4.78, 5) is 0. The Morgan fingerprint density at radius 3 is 2.71 bits per heavy atom. The molecule has 7 nitrogen and oxygen atoms in total. The van der Waals surface area contributed by atoms with Gasteiger partial charge in [0.1, 0.15) is 6.54 Å². The third-order valence-corrected chi connectivity index (χ3v) is 4.36. The second-order valence-electron chi connectivity index (χ2n) is 4.55. The van der Waals surface area contributed by atoms with Crippen LogP contribution >= 0.6 is 0 Å². The van der Waals surface area contributed by atoms with Crippen LogP contribution in [0.25, 0.3) is 0 Å². The van der Waals surface area contributed by atoms with Gasteiger partial charge < -0.3 is 5.32 Å². The fourth-order valence-corrected chi connectivity index (χ4v) is 3.11. The van der Waals surface area contributed by atoms with Crippen LogP contribution in [-0.4, -0.2) is 33.6 Å². The Labute approximate surface area is 117 Å². The molecule has 2 aromatic rings. The quantitative estimate of drug-likeness (QED) is 0.889. The van der Waals surface area contributed by atoms with Crippen molar-refractivity contribution in [2.75, 3.05) is 0 Å².